The van der Waals surface area contributed by atoms with Crippen molar-refractivity contribution in [1.29, 1.82) is 0 Å². The van der Waals surface area contributed by atoms with E-state index in [-0.39, 0.29) is 5.92 Å². The summed E-state index contributed by atoms with van der Waals surface area (Å²) in [6, 6.07) is 5.35. The zero-order chi connectivity index (χ0) is 16.4. The molecule has 0 spiro atoms. The number of benzene rings is 1. The van der Waals surface area contributed by atoms with Gasteiger partial charge in [-0.3, -0.25) is 9.69 Å². The van der Waals surface area contributed by atoms with Crippen LogP contribution in [0.2, 0.25) is 10.0 Å². The van der Waals surface area contributed by atoms with Gasteiger partial charge < -0.3 is 5.11 Å². The van der Waals surface area contributed by atoms with E-state index >= 15 is 0 Å². The number of aliphatic carboxylic acids is 1. The number of halogens is 2. The first-order valence-corrected chi connectivity index (χ1v) is 9.01. The van der Waals surface area contributed by atoms with Crippen molar-refractivity contribution in [3.63, 3.8) is 0 Å². The smallest absolute Gasteiger partial charge is 0.306 e. The van der Waals surface area contributed by atoms with Crippen molar-refractivity contribution >= 4 is 40.5 Å². The maximum Gasteiger partial charge on any atom is 0.306 e. The van der Waals surface area contributed by atoms with E-state index in [2.05, 4.69) is 9.88 Å². The first-order chi connectivity index (χ1) is 11.0. The van der Waals surface area contributed by atoms with Crippen LogP contribution in [0, 0.1) is 5.92 Å². The van der Waals surface area contributed by atoms with Crippen LogP contribution >= 0.6 is 34.5 Å². The highest BCUT2D eigenvalue weighted by atomic mass is 35.5. The van der Waals surface area contributed by atoms with E-state index in [4.69, 9.17) is 28.3 Å². The Labute approximate surface area is 148 Å². The van der Waals surface area contributed by atoms with Gasteiger partial charge in [-0.15, -0.1) is 11.3 Å². The molecule has 0 amide bonds. The van der Waals surface area contributed by atoms with E-state index in [9.17, 15) is 4.79 Å². The Morgan fingerprint density at radius 3 is 2.78 bits per heavy atom. The van der Waals surface area contributed by atoms with Crippen LogP contribution in [-0.2, 0) is 11.3 Å². The number of carboxylic acid groups (broad SMARTS) is 1. The maximum atomic E-state index is 11.0. The Hall–Kier alpha value is -1.14. The van der Waals surface area contributed by atoms with Crippen molar-refractivity contribution in [2.24, 2.45) is 5.92 Å². The molecule has 23 heavy (non-hydrogen) atoms. The van der Waals surface area contributed by atoms with Gasteiger partial charge in [-0.2, -0.15) is 0 Å². The lowest BCUT2D eigenvalue weighted by Gasteiger charge is -2.29. The Balaban J connectivity index is 1.66. The average molecular weight is 371 g/mol. The van der Waals surface area contributed by atoms with Crippen LogP contribution in [0.15, 0.2) is 23.6 Å². The Morgan fingerprint density at radius 1 is 1.35 bits per heavy atom. The summed E-state index contributed by atoms with van der Waals surface area (Å²) in [5, 5.41) is 13.3. The summed E-state index contributed by atoms with van der Waals surface area (Å²) in [7, 11) is 0. The SMILES string of the molecule is O=C(O)C1CCN(Cc2nc(-c3cc(Cl)ccc3Cl)cs2)CC1. The largest absolute Gasteiger partial charge is 0.481 e. The topological polar surface area (TPSA) is 53.4 Å². The quantitative estimate of drug-likeness (QED) is 0.865. The fourth-order valence-electron chi connectivity index (χ4n) is 2.73. The van der Waals surface area contributed by atoms with Gasteiger partial charge in [-0.1, -0.05) is 23.2 Å². The molecule has 1 aliphatic heterocycles. The standard InChI is InChI=1S/C16H16Cl2N2O2S/c17-11-1-2-13(18)12(7-11)14-9-23-15(19-14)8-20-5-3-10(4-6-20)16(21)22/h1-2,7,9-10H,3-6,8H2,(H,21,22). The lowest BCUT2D eigenvalue weighted by molar-refractivity contribution is -0.143. The molecular weight excluding hydrogens is 355 g/mol. The molecule has 122 valence electrons. The number of hydrogen-bond donors (Lipinski definition) is 1. The minimum atomic E-state index is -0.684. The zero-order valence-corrected chi connectivity index (χ0v) is 14.7. The predicted octanol–water partition coefficient (Wildman–Crippen LogP) is 4.41. The number of carboxylic acids is 1. The third-order valence-corrected chi connectivity index (χ3v) is 5.45. The van der Waals surface area contributed by atoms with Gasteiger partial charge in [0.05, 0.1) is 23.2 Å². The van der Waals surface area contributed by atoms with Crippen LogP contribution in [-0.4, -0.2) is 34.0 Å². The lowest BCUT2D eigenvalue weighted by Crippen LogP contribution is -2.35. The molecule has 1 fully saturated rings. The zero-order valence-electron chi connectivity index (χ0n) is 12.3. The second-order valence-electron chi connectivity index (χ2n) is 5.64. The Kier molecular flexibility index (Phi) is 5.21. The van der Waals surface area contributed by atoms with Gasteiger partial charge in [0.15, 0.2) is 0 Å². The monoisotopic (exact) mass is 370 g/mol. The molecule has 1 aromatic carbocycles. The van der Waals surface area contributed by atoms with Crippen molar-refractivity contribution in [3.8, 4) is 11.3 Å². The van der Waals surface area contributed by atoms with E-state index in [1.54, 1.807) is 23.5 Å². The molecule has 3 rings (SSSR count). The molecule has 0 unspecified atom stereocenters. The van der Waals surface area contributed by atoms with Crippen molar-refractivity contribution in [1.82, 2.24) is 9.88 Å². The number of rotatable bonds is 4. The van der Waals surface area contributed by atoms with Crippen LogP contribution in [0.25, 0.3) is 11.3 Å². The van der Waals surface area contributed by atoms with Crippen LogP contribution in [0.5, 0.6) is 0 Å². The van der Waals surface area contributed by atoms with Gasteiger partial charge in [-0.05, 0) is 44.1 Å². The molecule has 2 aromatic rings. The number of carbonyl (C=O) groups is 1. The number of hydrogen-bond acceptors (Lipinski definition) is 4. The van der Waals surface area contributed by atoms with Crippen molar-refractivity contribution < 1.29 is 9.90 Å². The molecule has 1 aromatic heterocycles. The lowest BCUT2D eigenvalue weighted by atomic mass is 9.97. The summed E-state index contributed by atoms with van der Waals surface area (Å²) in [4.78, 5) is 17.9. The van der Waals surface area contributed by atoms with E-state index in [0.717, 1.165) is 35.9 Å². The van der Waals surface area contributed by atoms with Crippen LogP contribution in [0.3, 0.4) is 0 Å². The molecule has 1 aliphatic rings. The van der Waals surface area contributed by atoms with E-state index in [1.165, 1.54) is 0 Å². The van der Waals surface area contributed by atoms with E-state index in [1.807, 2.05) is 11.4 Å². The molecular formula is C16H16Cl2N2O2S. The van der Waals surface area contributed by atoms with E-state index < -0.39 is 5.97 Å². The second kappa shape index (κ2) is 7.18. The molecule has 0 aliphatic carbocycles. The fourth-order valence-corrected chi connectivity index (χ4v) is 3.95. The summed E-state index contributed by atoms with van der Waals surface area (Å²) >= 11 is 13.8. The highest BCUT2D eigenvalue weighted by Crippen LogP contribution is 2.31. The molecule has 1 saturated heterocycles. The molecule has 1 N–H and O–H groups in total. The third kappa shape index (κ3) is 4.04. The minimum absolute atomic E-state index is 0.205. The van der Waals surface area contributed by atoms with Crippen molar-refractivity contribution in [2.75, 3.05) is 13.1 Å². The Morgan fingerprint density at radius 2 is 2.09 bits per heavy atom. The van der Waals surface area contributed by atoms with Gasteiger partial charge in [0.1, 0.15) is 5.01 Å². The predicted molar refractivity (Wildman–Crippen MR) is 93.2 cm³/mol. The second-order valence-corrected chi connectivity index (χ2v) is 7.43. The van der Waals surface area contributed by atoms with Gasteiger partial charge in [0, 0.05) is 16.0 Å². The first-order valence-electron chi connectivity index (χ1n) is 7.38. The molecule has 0 atom stereocenters. The molecule has 0 saturated carbocycles. The van der Waals surface area contributed by atoms with Crippen molar-refractivity contribution in [3.05, 3.63) is 38.6 Å². The van der Waals surface area contributed by atoms with Crippen LogP contribution < -0.4 is 0 Å². The summed E-state index contributed by atoms with van der Waals surface area (Å²) in [6.07, 6.45) is 1.40. The molecule has 0 radical (unpaired) electrons. The van der Waals surface area contributed by atoms with Crippen LogP contribution in [0.1, 0.15) is 17.8 Å². The van der Waals surface area contributed by atoms with Gasteiger partial charge in [0.25, 0.3) is 0 Å². The van der Waals surface area contributed by atoms with Gasteiger partial charge in [-0.25, -0.2) is 4.98 Å². The molecule has 7 heteroatoms. The molecule has 2 heterocycles. The van der Waals surface area contributed by atoms with Gasteiger partial charge in [0.2, 0.25) is 0 Å². The number of likely N-dealkylation sites (tertiary alicyclic amines) is 1. The summed E-state index contributed by atoms with van der Waals surface area (Å²) < 4.78 is 0. The summed E-state index contributed by atoms with van der Waals surface area (Å²) in [5.74, 6) is -0.889. The Bertz CT molecular complexity index is 712. The fraction of sp³-hybridized carbons (Fsp3) is 0.375. The summed E-state index contributed by atoms with van der Waals surface area (Å²) in [6.45, 7) is 2.34. The molecule has 0 bridgehead atoms. The number of nitrogens with zero attached hydrogens (tertiary/aromatic N) is 2. The highest BCUT2D eigenvalue weighted by molar-refractivity contribution is 7.09. The van der Waals surface area contributed by atoms with Crippen molar-refractivity contribution in [2.45, 2.75) is 19.4 Å². The number of aromatic nitrogens is 1. The minimum Gasteiger partial charge on any atom is -0.481 e. The first kappa shape index (κ1) is 16.7. The molecule has 4 nitrogen and oxygen atoms in total. The summed E-state index contributed by atoms with van der Waals surface area (Å²) in [5.41, 5.74) is 1.67. The highest BCUT2D eigenvalue weighted by Gasteiger charge is 2.24. The average Bonchev–Trinajstić information content (AvgIpc) is 2.98. The van der Waals surface area contributed by atoms with Gasteiger partial charge >= 0.3 is 5.97 Å². The normalized spacial score (nSPS) is 16.6. The third-order valence-electron chi connectivity index (χ3n) is 4.05. The number of thiazole rings is 1. The maximum absolute atomic E-state index is 11.0. The van der Waals surface area contributed by atoms with E-state index in [0.29, 0.717) is 22.9 Å². The van der Waals surface area contributed by atoms with Crippen LogP contribution in [0.4, 0.5) is 0 Å². The number of piperidine rings is 1.